The Bertz CT molecular complexity index is 626. The van der Waals surface area contributed by atoms with Crippen LogP contribution < -0.4 is 10.6 Å². The predicted octanol–water partition coefficient (Wildman–Crippen LogP) is 3.13. The van der Waals surface area contributed by atoms with E-state index in [1.807, 2.05) is 0 Å². The quantitative estimate of drug-likeness (QED) is 0.911. The molecule has 1 aromatic heterocycles. The van der Waals surface area contributed by atoms with Crippen molar-refractivity contribution in [2.24, 2.45) is 0 Å². The predicted molar refractivity (Wildman–Crippen MR) is 74.3 cm³/mol. The summed E-state index contributed by atoms with van der Waals surface area (Å²) < 4.78 is 38.7. The molecule has 0 fully saturated rings. The van der Waals surface area contributed by atoms with E-state index in [4.69, 9.17) is 0 Å². The minimum absolute atomic E-state index is 0.0446. The Morgan fingerprint density at radius 1 is 1.38 bits per heavy atom. The van der Waals surface area contributed by atoms with Crippen LogP contribution in [0.25, 0.3) is 0 Å². The first-order valence-corrected chi connectivity index (χ1v) is 6.85. The van der Waals surface area contributed by atoms with Crippen molar-refractivity contribution >= 4 is 22.9 Å². The summed E-state index contributed by atoms with van der Waals surface area (Å²) >= 11 is 1.36. The molecule has 0 unspecified atom stereocenters. The Kier molecular flexibility index (Phi) is 4.46. The number of benzene rings is 1. The number of aromatic nitrogens is 1. The SMILES string of the molecule is CNc1c(C(=O)NCc2cncs2)cccc1C(F)(F)F. The molecule has 2 aromatic rings. The number of alkyl halides is 3. The van der Waals surface area contributed by atoms with E-state index in [0.717, 1.165) is 10.9 Å². The van der Waals surface area contributed by atoms with E-state index in [2.05, 4.69) is 15.6 Å². The first-order valence-electron chi connectivity index (χ1n) is 5.97. The van der Waals surface area contributed by atoms with Gasteiger partial charge in [0.2, 0.25) is 0 Å². The van der Waals surface area contributed by atoms with Crippen LogP contribution in [0.2, 0.25) is 0 Å². The summed E-state index contributed by atoms with van der Waals surface area (Å²) in [6.07, 6.45) is -2.93. The number of carbonyl (C=O) groups excluding carboxylic acids is 1. The number of carbonyl (C=O) groups is 1. The van der Waals surface area contributed by atoms with Gasteiger partial charge in [-0.05, 0) is 12.1 Å². The number of hydrogen-bond acceptors (Lipinski definition) is 4. The number of nitrogens with zero attached hydrogens (tertiary/aromatic N) is 1. The highest BCUT2D eigenvalue weighted by molar-refractivity contribution is 7.09. The highest BCUT2D eigenvalue weighted by Crippen LogP contribution is 2.36. The fourth-order valence-corrected chi connectivity index (χ4v) is 2.37. The standard InChI is InChI=1S/C13H12F3N3OS/c1-17-11-9(3-2-4-10(11)13(14,15)16)12(20)19-6-8-5-18-7-21-8/h2-5,7,17H,6H2,1H3,(H,19,20). The summed E-state index contributed by atoms with van der Waals surface area (Å²) in [6, 6.07) is 3.50. The zero-order chi connectivity index (χ0) is 15.5. The van der Waals surface area contributed by atoms with Gasteiger partial charge in [-0.2, -0.15) is 13.2 Å². The molecule has 2 rings (SSSR count). The van der Waals surface area contributed by atoms with Gasteiger partial charge in [-0.3, -0.25) is 9.78 Å². The van der Waals surface area contributed by atoms with E-state index in [-0.39, 0.29) is 17.8 Å². The van der Waals surface area contributed by atoms with Crippen LogP contribution in [0, 0.1) is 0 Å². The maximum absolute atomic E-state index is 12.9. The Labute approximate surface area is 123 Å². The number of anilines is 1. The highest BCUT2D eigenvalue weighted by atomic mass is 32.1. The molecule has 21 heavy (non-hydrogen) atoms. The molecule has 4 nitrogen and oxygen atoms in total. The van der Waals surface area contributed by atoms with Crippen LogP contribution in [0.3, 0.4) is 0 Å². The van der Waals surface area contributed by atoms with Crippen molar-refractivity contribution in [2.45, 2.75) is 12.7 Å². The summed E-state index contributed by atoms with van der Waals surface area (Å²) in [4.78, 5) is 16.7. The maximum atomic E-state index is 12.9. The van der Waals surface area contributed by atoms with Gasteiger partial charge in [0.15, 0.2) is 0 Å². The van der Waals surface area contributed by atoms with Crippen molar-refractivity contribution in [1.82, 2.24) is 10.3 Å². The van der Waals surface area contributed by atoms with Crippen LogP contribution in [-0.4, -0.2) is 17.9 Å². The summed E-state index contributed by atoms with van der Waals surface area (Å²) in [7, 11) is 1.35. The monoisotopic (exact) mass is 315 g/mol. The number of halogens is 3. The summed E-state index contributed by atoms with van der Waals surface area (Å²) in [5, 5.41) is 5.03. The van der Waals surface area contributed by atoms with Crippen molar-refractivity contribution in [2.75, 3.05) is 12.4 Å². The minimum Gasteiger partial charge on any atom is -0.387 e. The van der Waals surface area contributed by atoms with E-state index in [0.29, 0.717) is 0 Å². The molecule has 0 aliphatic heterocycles. The molecule has 1 heterocycles. The zero-order valence-electron chi connectivity index (χ0n) is 11.0. The number of amides is 1. The molecule has 0 saturated carbocycles. The second-order valence-electron chi connectivity index (χ2n) is 4.13. The maximum Gasteiger partial charge on any atom is 0.418 e. The smallest absolute Gasteiger partial charge is 0.387 e. The molecule has 8 heteroatoms. The Morgan fingerprint density at radius 3 is 2.71 bits per heavy atom. The lowest BCUT2D eigenvalue weighted by Crippen LogP contribution is -2.24. The Hall–Kier alpha value is -2.09. The van der Waals surface area contributed by atoms with Crippen LogP contribution in [-0.2, 0) is 12.7 Å². The average Bonchev–Trinajstić information content (AvgIpc) is 2.96. The normalized spacial score (nSPS) is 11.2. The van der Waals surface area contributed by atoms with Crippen LogP contribution in [0.1, 0.15) is 20.8 Å². The van der Waals surface area contributed by atoms with Crippen molar-refractivity contribution in [3.63, 3.8) is 0 Å². The number of hydrogen-bond donors (Lipinski definition) is 2. The molecule has 1 aromatic carbocycles. The van der Waals surface area contributed by atoms with Crippen LogP contribution in [0.15, 0.2) is 29.9 Å². The van der Waals surface area contributed by atoms with E-state index < -0.39 is 17.6 Å². The molecule has 0 radical (unpaired) electrons. The third-order valence-corrected chi connectivity index (χ3v) is 3.55. The molecule has 0 spiro atoms. The van der Waals surface area contributed by atoms with Gasteiger partial charge in [0.05, 0.1) is 28.9 Å². The first-order chi connectivity index (χ1) is 9.93. The molecule has 0 aliphatic rings. The number of thiazole rings is 1. The second-order valence-corrected chi connectivity index (χ2v) is 5.10. The largest absolute Gasteiger partial charge is 0.418 e. The topological polar surface area (TPSA) is 54.0 Å². The molecular weight excluding hydrogens is 303 g/mol. The number of rotatable bonds is 4. The van der Waals surface area contributed by atoms with Gasteiger partial charge in [-0.25, -0.2) is 0 Å². The third kappa shape index (κ3) is 3.52. The fourth-order valence-electron chi connectivity index (χ4n) is 1.84. The van der Waals surface area contributed by atoms with Crippen LogP contribution in [0.5, 0.6) is 0 Å². The summed E-state index contributed by atoms with van der Waals surface area (Å²) in [5.74, 6) is -0.571. The average molecular weight is 315 g/mol. The lowest BCUT2D eigenvalue weighted by molar-refractivity contribution is -0.136. The van der Waals surface area contributed by atoms with E-state index >= 15 is 0 Å². The highest BCUT2D eigenvalue weighted by Gasteiger charge is 2.34. The Morgan fingerprint density at radius 2 is 2.14 bits per heavy atom. The van der Waals surface area contributed by atoms with E-state index in [1.165, 1.54) is 30.5 Å². The van der Waals surface area contributed by atoms with Gasteiger partial charge < -0.3 is 10.6 Å². The fraction of sp³-hybridized carbons (Fsp3) is 0.231. The van der Waals surface area contributed by atoms with Gasteiger partial charge in [-0.1, -0.05) is 6.07 Å². The van der Waals surface area contributed by atoms with E-state index in [1.54, 1.807) is 11.7 Å². The summed E-state index contributed by atoms with van der Waals surface area (Å²) in [6.45, 7) is 0.225. The van der Waals surface area contributed by atoms with Gasteiger partial charge in [0.25, 0.3) is 5.91 Å². The molecule has 0 atom stereocenters. The van der Waals surface area contributed by atoms with Crippen molar-refractivity contribution < 1.29 is 18.0 Å². The molecule has 0 bridgehead atoms. The van der Waals surface area contributed by atoms with Gasteiger partial charge in [-0.15, -0.1) is 11.3 Å². The van der Waals surface area contributed by atoms with E-state index in [9.17, 15) is 18.0 Å². The molecule has 2 N–H and O–H groups in total. The van der Waals surface area contributed by atoms with Crippen LogP contribution in [0.4, 0.5) is 18.9 Å². The molecule has 0 saturated heterocycles. The van der Waals surface area contributed by atoms with Crippen molar-refractivity contribution in [3.8, 4) is 0 Å². The lowest BCUT2D eigenvalue weighted by Gasteiger charge is -2.16. The minimum atomic E-state index is -4.52. The van der Waals surface area contributed by atoms with Gasteiger partial charge in [0, 0.05) is 18.1 Å². The molecule has 0 aliphatic carbocycles. The first kappa shape index (κ1) is 15.3. The number of nitrogens with one attached hydrogen (secondary N) is 2. The number of para-hydroxylation sites is 1. The summed E-state index contributed by atoms with van der Waals surface area (Å²) in [5.41, 5.74) is 0.476. The van der Waals surface area contributed by atoms with Crippen molar-refractivity contribution in [1.29, 1.82) is 0 Å². The molecular formula is C13H12F3N3OS. The zero-order valence-corrected chi connectivity index (χ0v) is 11.8. The van der Waals surface area contributed by atoms with Gasteiger partial charge >= 0.3 is 6.18 Å². The molecule has 112 valence electrons. The van der Waals surface area contributed by atoms with Gasteiger partial charge in [0.1, 0.15) is 0 Å². The lowest BCUT2D eigenvalue weighted by atomic mass is 10.1. The second kappa shape index (κ2) is 6.13. The van der Waals surface area contributed by atoms with Crippen LogP contribution >= 0.6 is 11.3 Å². The third-order valence-electron chi connectivity index (χ3n) is 2.77. The Balaban J connectivity index is 2.24. The molecule has 1 amide bonds. The van der Waals surface area contributed by atoms with Crippen molar-refractivity contribution in [3.05, 3.63) is 45.9 Å².